The van der Waals surface area contributed by atoms with Crippen LogP contribution in [0, 0.1) is 17.5 Å². The van der Waals surface area contributed by atoms with Gasteiger partial charge in [-0.3, -0.25) is 9.59 Å². The standard InChI is InChI=1S/C15H10BrF3N2O2/c1-7(22)20-12-3-2-9(16)6-13(12)21-15(23)8-4-10(17)14(19)11(18)5-8/h2-6H,1H3,(H,20,22)(H,21,23). The van der Waals surface area contributed by atoms with Crippen LogP contribution in [0.2, 0.25) is 0 Å². The largest absolute Gasteiger partial charge is 0.325 e. The van der Waals surface area contributed by atoms with Gasteiger partial charge in [0.25, 0.3) is 5.91 Å². The zero-order chi connectivity index (χ0) is 17.1. The number of amides is 2. The summed E-state index contributed by atoms with van der Waals surface area (Å²) < 4.78 is 39.9. The summed E-state index contributed by atoms with van der Waals surface area (Å²) in [5.74, 6) is -5.80. The maximum atomic E-state index is 13.2. The van der Waals surface area contributed by atoms with Crippen LogP contribution in [-0.4, -0.2) is 11.8 Å². The summed E-state index contributed by atoms with van der Waals surface area (Å²) in [6.45, 7) is 1.29. The lowest BCUT2D eigenvalue weighted by Gasteiger charge is -2.12. The summed E-state index contributed by atoms with van der Waals surface area (Å²) >= 11 is 3.21. The molecule has 0 aliphatic carbocycles. The van der Waals surface area contributed by atoms with E-state index >= 15 is 0 Å². The molecule has 0 radical (unpaired) electrons. The molecule has 0 bridgehead atoms. The molecule has 23 heavy (non-hydrogen) atoms. The van der Waals surface area contributed by atoms with Crippen molar-refractivity contribution in [1.29, 1.82) is 0 Å². The van der Waals surface area contributed by atoms with E-state index in [9.17, 15) is 22.8 Å². The maximum absolute atomic E-state index is 13.2. The highest BCUT2D eigenvalue weighted by atomic mass is 79.9. The molecule has 8 heteroatoms. The molecule has 2 N–H and O–H groups in total. The van der Waals surface area contributed by atoms with Crippen molar-refractivity contribution >= 4 is 39.1 Å². The summed E-state index contributed by atoms with van der Waals surface area (Å²) in [6, 6.07) is 5.85. The van der Waals surface area contributed by atoms with Gasteiger partial charge in [0, 0.05) is 17.0 Å². The fraction of sp³-hybridized carbons (Fsp3) is 0.0667. The molecule has 2 amide bonds. The molecule has 0 fully saturated rings. The lowest BCUT2D eigenvalue weighted by Crippen LogP contribution is -2.16. The third-order valence-electron chi connectivity index (χ3n) is 2.79. The summed E-state index contributed by atoms with van der Waals surface area (Å²) in [5, 5.41) is 4.91. The summed E-state index contributed by atoms with van der Waals surface area (Å²) in [6.07, 6.45) is 0. The number of carbonyl (C=O) groups excluding carboxylic acids is 2. The van der Waals surface area contributed by atoms with E-state index in [1.807, 2.05) is 0 Å². The molecular formula is C15H10BrF3N2O2. The predicted octanol–water partition coefficient (Wildman–Crippen LogP) is 4.08. The van der Waals surface area contributed by atoms with Crippen LogP contribution < -0.4 is 10.6 Å². The molecule has 2 rings (SSSR count). The average Bonchev–Trinajstić information content (AvgIpc) is 2.46. The normalized spacial score (nSPS) is 10.3. The van der Waals surface area contributed by atoms with Crippen molar-refractivity contribution in [3.8, 4) is 0 Å². The number of nitrogens with one attached hydrogen (secondary N) is 2. The van der Waals surface area contributed by atoms with Gasteiger partial charge in [0.05, 0.1) is 11.4 Å². The Kier molecular flexibility index (Phi) is 5.05. The van der Waals surface area contributed by atoms with Crippen LogP contribution in [0.15, 0.2) is 34.8 Å². The number of benzene rings is 2. The minimum atomic E-state index is -1.65. The number of carbonyl (C=O) groups is 2. The van der Waals surface area contributed by atoms with Gasteiger partial charge in [-0.15, -0.1) is 0 Å². The third-order valence-corrected chi connectivity index (χ3v) is 3.28. The molecule has 0 saturated heterocycles. The number of hydrogen-bond acceptors (Lipinski definition) is 2. The van der Waals surface area contributed by atoms with Crippen molar-refractivity contribution in [2.45, 2.75) is 6.92 Å². The van der Waals surface area contributed by atoms with E-state index < -0.39 is 28.9 Å². The van der Waals surface area contributed by atoms with Crippen molar-refractivity contribution in [2.75, 3.05) is 10.6 Å². The number of anilines is 2. The lowest BCUT2D eigenvalue weighted by atomic mass is 10.1. The van der Waals surface area contributed by atoms with E-state index in [1.54, 1.807) is 6.07 Å². The van der Waals surface area contributed by atoms with Crippen LogP contribution in [0.4, 0.5) is 24.5 Å². The maximum Gasteiger partial charge on any atom is 0.255 e. The Morgan fingerprint density at radius 3 is 2.13 bits per heavy atom. The first-order chi connectivity index (χ1) is 10.8. The Labute approximate surface area is 137 Å². The zero-order valence-electron chi connectivity index (χ0n) is 11.7. The molecule has 0 atom stereocenters. The second-order valence-electron chi connectivity index (χ2n) is 4.58. The number of rotatable bonds is 3. The Morgan fingerprint density at radius 1 is 0.957 bits per heavy atom. The van der Waals surface area contributed by atoms with Gasteiger partial charge in [-0.05, 0) is 30.3 Å². The van der Waals surface area contributed by atoms with E-state index in [-0.39, 0.29) is 11.6 Å². The van der Waals surface area contributed by atoms with Crippen LogP contribution in [-0.2, 0) is 4.79 Å². The molecule has 2 aromatic rings. The average molecular weight is 387 g/mol. The fourth-order valence-electron chi connectivity index (χ4n) is 1.80. The fourth-order valence-corrected chi connectivity index (χ4v) is 2.16. The van der Waals surface area contributed by atoms with E-state index in [0.29, 0.717) is 22.3 Å². The molecule has 0 saturated carbocycles. The highest BCUT2D eigenvalue weighted by Crippen LogP contribution is 2.27. The Bertz CT molecular complexity index is 773. The monoisotopic (exact) mass is 386 g/mol. The lowest BCUT2D eigenvalue weighted by molar-refractivity contribution is -0.114. The first kappa shape index (κ1) is 17.0. The van der Waals surface area contributed by atoms with Crippen molar-refractivity contribution in [1.82, 2.24) is 0 Å². The molecule has 0 heterocycles. The molecule has 120 valence electrons. The van der Waals surface area contributed by atoms with E-state index in [0.717, 1.165) is 0 Å². The first-order valence-corrected chi connectivity index (χ1v) is 7.10. The van der Waals surface area contributed by atoms with E-state index in [2.05, 4.69) is 26.6 Å². The van der Waals surface area contributed by atoms with Crippen molar-refractivity contribution < 1.29 is 22.8 Å². The van der Waals surface area contributed by atoms with Gasteiger partial charge in [-0.1, -0.05) is 15.9 Å². The molecular weight excluding hydrogens is 377 g/mol. The van der Waals surface area contributed by atoms with Gasteiger partial charge in [-0.2, -0.15) is 0 Å². The number of hydrogen-bond donors (Lipinski definition) is 2. The quantitative estimate of drug-likeness (QED) is 0.780. The number of halogens is 4. The Balaban J connectivity index is 2.33. The Morgan fingerprint density at radius 2 is 1.57 bits per heavy atom. The van der Waals surface area contributed by atoms with Crippen LogP contribution >= 0.6 is 15.9 Å². The van der Waals surface area contributed by atoms with E-state index in [4.69, 9.17) is 0 Å². The minimum absolute atomic E-state index is 0.213. The van der Waals surface area contributed by atoms with Crippen LogP contribution in [0.3, 0.4) is 0 Å². The molecule has 0 unspecified atom stereocenters. The van der Waals surface area contributed by atoms with Gasteiger partial charge in [0.2, 0.25) is 5.91 Å². The van der Waals surface area contributed by atoms with Crippen molar-refractivity contribution in [2.24, 2.45) is 0 Å². The van der Waals surface area contributed by atoms with Crippen LogP contribution in [0.5, 0.6) is 0 Å². The molecule has 0 aliphatic heterocycles. The molecule has 0 spiro atoms. The summed E-state index contributed by atoms with van der Waals surface area (Å²) in [7, 11) is 0. The first-order valence-electron chi connectivity index (χ1n) is 6.31. The van der Waals surface area contributed by atoms with Crippen LogP contribution in [0.25, 0.3) is 0 Å². The Hall–Kier alpha value is -2.35. The van der Waals surface area contributed by atoms with Gasteiger partial charge >= 0.3 is 0 Å². The molecule has 0 aliphatic rings. The van der Waals surface area contributed by atoms with Gasteiger partial charge in [0.15, 0.2) is 17.5 Å². The van der Waals surface area contributed by atoms with Gasteiger partial charge in [0.1, 0.15) is 0 Å². The second kappa shape index (κ2) is 6.82. The smallest absolute Gasteiger partial charge is 0.255 e. The second-order valence-corrected chi connectivity index (χ2v) is 5.49. The topological polar surface area (TPSA) is 58.2 Å². The van der Waals surface area contributed by atoms with Gasteiger partial charge < -0.3 is 10.6 Å². The highest BCUT2D eigenvalue weighted by Gasteiger charge is 2.16. The minimum Gasteiger partial charge on any atom is -0.325 e. The molecule has 0 aromatic heterocycles. The molecule has 4 nitrogen and oxygen atoms in total. The highest BCUT2D eigenvalue weighted by molar-refractivity contribution is 9.10. The SMILES string of the molecule is CC(=O)Nc1ccc(Br)cc1NC(=O)c1cc(F)c(F)c(F)c1. The predicted molar refractivity (Wildman–Crippen MR) is 82.7 cm³/mol. The van der Waals surface area contributed by atoms with Crippen molar-refractivity contribution in [3.63, 3.8) is 0 Å². The van der Waals surface area contributed by atoms with Gasteiger partial charge in [-0.25, -0.2) is 13.2 Å². The third kappa shape index (κ3) is 4.10. The van der Waals surface area contributed by atoms with E-state index in [1.165, 1.54) is 19.1 Å². The summed E-state index contributed by atoms with van der Waals surface area (Å²) in [5.41, 5.74) is 0.122. The van der Waals surface area contributed by atoms with Crippen LogP contribution in [0.1, 0.15) is 17.3 Å². The zero-order valence-corrected chi connectivity index (χ0v) is 13.3. The summed E-state index contributed by atoms with van der Waals surface area (Å²) in [4.78, 5) is 23.2. The van der Waals surface area contributed by atoms with Crippen molar-refractivity contribution in [3.05, 3.63) is 57.8 Å². The molecule has 2 aromatic carbocycles.